The first kappa shape index (κ1) is 10.5. The molecule has 1 aromatic carbocycles. The average molecular weight is 261 g/mol. The van der Waals surface area contributed by atoms with Gasteiger partial charge in [-0.15, -0.1) is 10.2 Å². The van der Waals surface area contributed by atoms with Crippen molar-refractivity contribution in [3.05, 3.63) is 46.4 Å². The molecule has 4 nitrogen and oxygen atoms in total. The Hall–Kier alpha value is -1.66. The quantitative estimate of drug-likeness (QED) is 0.842. The molecule has 6 heteroatoms. The topological polar surface area (TPSA) is 54.9 Å². The van der Waals surface area contributed by atoms with Gasteiger partial charge in [0.05, 0.1) is 4.91 Å². The van der Waals surface area contributed by atoms with E-state index in [1.807, 2.05) is 24.3 Å². The first-order chi connectivity index (χ1) is 8.34. The van der Waals surface area contributed by atoms with E-state index in [4.69, 9.17) is 0 Å². The van der Waals surface area contributed by atoms with Crippen molar-refractivity contribution < 1.29 is 4.79 Å². The molecule has 0 bridgehead atoms. The van der Waals surface area contributed by atoms with Crippen LogP contribution in [0.1, 0.15) is 10.4 Å². The average Bonchev–Trinajstić information content (AvgIpc) is 2.96. The lowest BCUT2D eigenvalue weighted by molar-refractivity contribution is 0.104. The summed E-state index contributed by atoms with van der Waals surface area (Å²) in [6.45, 7) is 0. The number of aromatic nitrogens is 2. The number of hydrogen-bond acceptors (Lipinski definition) is 6. The minimum absolute atomic E-state index is 0.0580. The maximum atomic E-state index is 12.0. The summed E-state index contributed by atoms with van der Waals surface area (Å²) in [7, 11) is 0. The molecule has 3 rings (SSSR count). The molecule has 1 aliphatic heterocycles. The van der Waals surface area contributed by atoms with Crippen LogP contribution in [0.25, 0.3) is 0 Å². The zero-order valence-electron chi connectivity index (χ0n) is 8.58. The van der Waals surface area contributed by atoms with E-state index < -0.39 is 0 Å². The number of rotatable bonds is 2. The number of thioether (sulfide) groups is 1. The Morgan fingerprint density at radius 1 is 1.29 bits per heavy atom. The molecule has 17 heavy (non-hydrogen) atoms. The van der Waals surface area contributed by atoms with Gasteiger partial charge in [0.25, 0.3) is 0 Å². The van der Waals surface area contributed by atoms with Gasteiger partial charge in [-0.05, 0) is 12.1 Å². The van der Waals surface area contributed by atoms with Crippen LogP contribution in [0.4, 0.5) is 5.13 Å². The molecule has 2 aromatic rings. The van der Waals surface area contributed by atoms with Gasteiger partial charge in [-0.3, -0.25) is 4.79 Å². The molecular weight excluding hydrogens is 254 g/mol. The van der Waals surface area contributed by atoms with Gasteiger partial charge in [0.2, 0.25) is 10.9 Å². The number of carbonyl (C=O) groups is 1. The van der Waals surface area contributed by atoms with Crippen LogP contribution < -0.4 is 5.32 Å². The lowest BCUT2D eigenvalue weighted by atomic mass is 10.1. The van der Waals surface area contributed by atoms with Crippen molar-refractivity contribution in [2.45, 2.75) is 4.90 Å². The number of nitrogens with one attached hydrogen (secondary N) is 1. The van der Waals surface area contributed by atoms with E-state index in [1.165, 1.54) is 23.1 Å². The molecule has 0 saturated heterocycles. The molecule has 0 fully saturated rings. The van der Waals surface area contributed by atoms with Crippen molar-refractivity contribution >= 4 is 34.0 Å². The maximum Gasteiger partial charge on any atom is 0.209 e. The third-order valence-electron chi connectivity index (χ3n) is 2.26. The standard InChI is InChI=1S/C11H7N3OS2/c15-10-7-3-1-2-4-8(7)17-9(10)5-12-11-14-13-6-16-11/h1-6H,(H,12,14)/b9-5-. The highest BCUT2D eigenvalue weighted by atomic mass is 32.2. The molecule has 2 heterocycles. The van der Waals surface area contributed by atoms with Crippen molar-refractivity contribution in [3.63, 3.8) is 0 Å². The number of carbonyl (C=O) groups excluding carboxylic acids is 1. The first-order valence-electron chi connectivity index (χ1n) is 4.89. The van der Waals surface area contributed by atoms with Crippen molar-refractivity contribution in [1.29, 1.82) is 0 Å². The van der Waals surface area contributed by atoms with Crippen LogP contribution in [-0.4, -0.2) is 16.0 Å². The third kappa shape index (κ3) is 1.96. The van der Waals surface area contributed by atoms with Crippen molar-refractivity contribution in [2.75, 3.05) is 5.32 Å². The fourth-order valence-electron chi connectivity index (χ4n) is 1.50. The summed E-state index contributed by atoms with van der Waals surface area (Å²) in [5.41, 5.74) is 2.40. The molecule has 0 spiro atoms. The largest absolute Gasteiger partial charge is 0.335 e. The number of nitrogens with zero attached hydrogens (tertiary/aromatic N) is 2. The predicted molar refractivity (Wildman–Crippen MR) is 68.2 cm³/mol. The van der Waals surface area contributed by atoms with E-state index >= 15 is 0 Å². The molecule has 0 unspecified atom stereocenters. The second-order valence-electron chi connectivity index (χ2n) is 3.32. The SMILES string of the molecule is O=C1/C(=C/Nc2nncs2)Sc2ccccc21. The maximum absolute atomic E-state index is 12.0. The summed E-state index contributed by atoms with van der Waals surface area (Å²) in [5.74, 6) is 0.0580. The number of anilines is 1. The molecule has 0 aliphatic carbocycles. The van der Waals surface area contributed by atoms with Gasteiger partial charge in [-0.2, -0.15) is 0 Å². The Morgan fingerprint density at radius 2 is 2.18 bits per heavy atom. The van der Waals surface area contributed by atoms with Crippen LogP contribution in [0.15, 0.2) is 45.8 Å². The minimum atomic E-state index is 0.0580. The predicted octanol–water partition coefficient (Wildman–Crippen LogP) is 2.78. The number of allylic oxidation sites excluding steroid dienone is 1. The van der Waals surface area contributed by atoms with E-state index in [0.29, 0.717) is 10.0 Å². The first-order valence-corrected chi connectivity index (χ1v) is 6.58. The summed E-state index contributed by atoms with van der Waals surface area (Å²) >= 11 is 2.86. The number of fused-ring (bicyclic) bond motifs is 1. The van der Waals surface area contributed by atoms with Gasteiger partial charge in [-0.25, -0.2) is 0 Å². The van der Waals surface area contributed by atoms with Gasteiger partial charge in [-0.1, -0.05) is 35.2 Å². The van der Waals surface area contributed by atoms with Crippen molar-refractivity contribution in [3.8, 4) is 0 Å². The molecule has 0 atom stereocenters. The summed E-state index contributed by atoms with van der Waals surface area (Å²) in [5, 5.41) is 11.2. The molecule has 0 saturated carbocycles. The van der Waals surface area contributed by atoms with Gasteiger partial charge in [0.15, 0.2) is 0 Å². The highest BCUT2D eigenvalue weighted by molar-refractivity contribution is 8.04. The Bertz CT molecular complexity index is 593. The Labute approximate surface area is 106 Å². The van der Waals surface area contributed by atoms with Gasteiger partial charge < -0.3 is 5.32 Å². The summed E-state index contributed by atoms with van der Waals surface area (Å²) < 4.78 is 0. The second kappa shape index (κ2) is 4.31. The fourth-order valence-corrected chi connectivity index (χ4v) is 2.89. The molecule has 1 aliphatic rings. The van der Waals surface area contributed by atoms with Gasteiger partial charge in [0.1, 0.15) is 5.51 Å². The summed E-state index contributed by atoms with van der Waals surface area (Å²) in [6, 6.07) is 7.60. The Kier molecular flexibility index (Phi) is 2.66. The highest BCUT2D eigenvalue weighted by Crippen LogP contribution is 2.39. The van der Waals surface area contributed by atoms with Crippen LogP contribution in [-0.2, 0) is 0 Å². The van der Waals surface area contributed by atoms with Gasteiger partial charge in [0, 0.05) is 16.7 Å². The van der Waals surface area contributed by atoms with Crippen LogP contribution >= 0.6 is 23.1 Å². The highest BCUT2D eigenvalue weighted by Gasteiger charge is 2.25. The van der Waals surface area contributed by atoms with E-state index in [-0.39, 0.29) is 5.78 Å². The lowest BCUT2D eigenvalue weighted by Crippen LogP contribution is -1.97. The van der Waals surface area contributed by atoms with Crippen molar-refractivity contribution in [1.82, 2.24) is 10.2 Å². The second-order valence-corrected chi connectivity index (χ2v) is 5.24. The van der Waals surface area contributed by atoms with Crippen LogP contribution in [0, 0.1) is 0 Å². The molecule has 84 valence electrons. The smallest absolute Gasteiger partial charge is 0.209 e. The number of benzene rings is 1. The number of ketones is 1. The molecule has 1 aromatic heterocycles. The summed E-state index contributed by atoms with van der Waals surface area (Å²) in [4.78, 5) is 13.7. The van der Waals surface area contributed by atoms with Crippen LogP contribution in [0.5, 0.6) is 0 Å². The zero-order valence-corrected chi connectivity index (χ0v) is 10.2. The van der Waals surface area contributed by atoms with Crippen LogP contribution in [0.3, 0.4) is 0 Å². The lowest BCUT2D eigenvalue weighted by Gasteiger charge is -1.94. The molecule has 0 radical (unpaired) electrons. The third-order valence-corrected chi connectivity index (χ3v) is 3.98. The van der Waals surface area contributed by atoms with E-state index in [1.54, 1.807) is 11.7 Å². The minimum Gasteiger partial charge on any atom is -0.335 e. The van der Waals surface area contributed by atoms with Gasteiger partial charge >= 0.3 is 0 Å². The zero-order chi connectivity index (χ0) is 11.7. The van der Waals surface area contributed by atoms with Crippen LogP contribution in [0.2, 0.25) is 0 Å². The number of hydrogen-bond donors (Lipinski definition) is 1. The van der Waals surface area contributed by atoms with Crippen molar-refractivity contribution in [2.24, 2.45) is 0 Å². The molecular formula is C11H7N3OS2. The van der Waals surface area contributed by atoms with E-state index in [9.17, 15) is 4.79 Å². The molecule has 0 amide bonds. The summed E-state index contributed by atoms with van der Waals surface area (Å²) in [6.07, 6.45) is 1.69. The Morgan fingerprint density at radius 3 is 2.94 bits per heavy atom. The fraction of sp³-hybridized carbons (Fsp3) is 0. The normalized spacial score (nSPS) is 16.2. The number of Topliss-reactive ketones (excluding diaryl/α,β-unsaturated/α-hetero) is 1. The van der Waals surface area contributed by atoms with E-state index in [0.717, 1.165) is 10.5 Å². The van der Waals surface area contributed by atoms with E-state index in [2.05, 4.69) is 15.5 Å². The monoisotopic (exact) mass is 261 g/mol. The Balaban J connectivity index is 1.84. The molecule has 1 N–H and O–H groups in total.